The summed E-state index contributed by atoms with van der Waals surface area (Å²) in [7, 11) is 0. The number of hydrogen-bond acceptors (Lipinski definition) is 2. The van der Waals surface area contributed by atoms with E-state index in [1.165, 1.54) is 0 Å². The highest BCUT2D eigenvalue weighted by atomic mass is 16.2. The van der Waals surface area contributed by atoms with E-state index in [0.29, 0.717) is 6.42 Å². The van der Waals surface area contributed by atoms with Crippen molar-refractivity contribution in [1.29, 1.82) is 0 Å². The maximum absolute atomic E-state index is 10.9. The largest absolute Gasteiger partial charge is 0.396 e. The van der Waals surface area contributed by atoms with Crippen LogP contribution in [0.2, 0.25) is 0 Å². The lowest BCUT2D eigenvalue weighted by Gasteiger charge is -1.88. The molecule has 12 heavy (non-hydrogen) atoms. The molecule has 0 rings (SSSR count). The fourth-order valence-corrected chi connectivity index (χ4v) is 0.776. The molecule has 2 heteroatoms. The predicted molar refractivity (Wildman–Crippen MR) is 48.6 cm³/mol. The van der Waals surface area contributed by atoms with Crippen LogP contribution in [0.1, 0.15) is 39.0 Å². The van der Waals surface area contributed by atoms with Gasteiger partial charge in [0.1, 0.15) is 0 Å². The van der Waals surface area contributed by atoms with Crippen molar-refractivity contribution >= 4 is 5.78 Å². The molecule has 0 atom stereocenters. The molecule has 0 aliphatic rings. The van der Waals surface area contributed by atoms with E-state index < -0.39 is 0 Å². The first-order chi connectivity index (χ1) is 5.81. The minimum absolute atomic E-state index is 0.0292. The molecule has 0 fully saturated rings. The lowest BCUT2D eigenvalue weighted by molar-refractivity contribution is -0.113. The van der Waals surface area contributed by atoms with Crippen molar-refractivity contribution in [1.82, 2.24) is 0 Å². The average molecular weight is 168 g/mol. The third kappa shape index (κ3) is 7.30. The fourth-order valence-electron chi connectivity index (χ4n) is 0.776. The molecule has 0 heterocycles. The van der Waals surface area contributed by atoms with Crippen molar-refractivity contribution in [2.75, 3.05) is 6.61 Å². The second-order valence-electron chi connectivity index (χ2n) is 2.66. The normalized spacial score (nSPS) is 8.83. The van der Waals surface area contributed by atoms with E-state index >= 15 is 0 Å². The van der Waals surface area contributed by atoms with Gasteiger partial charge in [-0.2, -0.15) is 0 Å². The zero-order valence-corrected chi connectivity index (χ0v) is 7.60. The highest BCUT2D eigenvalue weighted by molar-refractivity contribution is 5.95. The van der Waals surface area contributed by atoms with Crippen LogP contribution in [0.4, 0.5) is 0 Å². The third-order valence-corrected chi connectivity index (χ3v) is 1.41. The van der Waals surface area contributed by atoms with Crippen LogP contribution >= 0.6 is 0 Å². The summed E-state index contributed by atoms with van der Waals surface area (Å²) in [6.45, 7) is 2.18. The number of carbonyl (C=O) groups excluding carboxylic acids is 1. The van der Waals surface area contributed by atoms with Crippen LogP contribution in [0, 0.1) is 11.8 Å². The molecule has 0 saturated heterocycles. The summed E-state index contributed by atoms with van der Waals surface area (Å²) >= 11 is 0. The minimum atomic E-state index is 0.0292. The second-order valence-corrected chi connectivity index (χ2v) is 2.66. The van der Waals surface area contributed by atoms with Gasteiger partial charge in [-0.15, -0.1) is 0 Å². The fraction of sp³-hybridized carbons (Fsp3) is 0.700. The van der Waals surface area contributed by atoms with E-state index in [0.717, 1.165) is 25.7 Å². The number of Topliss-reactive ketones (excluding diaryl/α,β-unsaturated/α-hetero) is 1. The summed E-state index contributed by atoms with van der Waals surface area (Å²) in [4.78, 5) is 10.9. The number of ketones is 1. The standard InChI is InChI=1S/C10H16O2/c1-2-7-10(12)8-5-3-4-6-9-11/h11H,2-4,6-7,9H2,1H3. The molecule has 0 bridgehead atoms. The van der Waals surface area contributed by atoms with Crippen molar-refractivity contribution < 1.29 is 9.90 Å². The smallest absolute Gasteiger partial charge is 0.205 e. The number of carbonyl (C=O) groups is 1. The SMILES string of the molecule is CCCC(=O)C#CCCCCO. The summed E-state index contributed by atoms with van der Waals surface area (Å²) in [5.41, 5.74) is 0. The Morgan fingerprint density at radius 1 is 1.42 bits per heavy atom. The number of aliphatic hydroxyl groups excluding tert-OH is 1. The molecule has 0 aliphatic heterocycles. The Balaban J connectivity index is 3.38. The van der Waals surface area contributed by atoms with Crippen LogP contribution in [-0.2, 0) is 4.79 Å². The van der Waals surface area contributed by atoms with Gasteiger partial charge in [0, 0.05) is 19.4 Å². The van der Waals surface area contributed by atoms with Crippen LogP contribution in [0.5, 0.6) is 0 Å². The van der Waals surface area contributed by atoms with Crippen LogP contribution in [0.15, 0.2) is 0 Å². The maximum atomic E-state index is 10.9. The van der Waals surface area contributed by atoms with Gasteiger partial charge < -0.3 is 5.11 Å². The molecule has 68 valence electrons. The van der Waals surface area contributed by atoms with Gasteiger partial charge in [0.15, 0.2) is 0 Å². The van der Waals surface area contributed by atoms with Crippen LogP contribution < -0.4 is 0 Å². The highest BCUT2D eigenvalue weighted by Crippen LogP contribution is 1.92. The van der Waals surface area contributed by atoms with Crippen LogP contribution in [-0.4, -0.2) is 17.5 Å². The summed E-state index contributed by atoms with van der Waals surface area (Å²) < 4.78 is 0. The Kier molecular flexibility index (Phi) is 7.73. The Morgan fingerprint density at radius 3 is 2.75 bits per heavy atom. The van der Waals surface area contributed by atoms with Gasteiger partial charge in [0.05, 0.1) is 0 Å². The summed E-state index contributed by atoms with van der Waals surface area (Å²) in [6.07, 6.45) is 3.80. The zero-order valence-electron chi connectivity index (χ0n) is 7.60. The summed E-state index contributed by atoms with van der Waals surface area (Å²) in [5, 5.41) is 8.44. The quantitative estimate of drug-likeness (QED) is 0.384. The van der Waals surface area contributed by atoms with Crippen LogP contribution in [0.25, 0.3) is 0 Å². The molecule has 0 aliphatic carbocycles. The minimum Gasteiger partial charge on any atom is -0.396 e. The molecule has 0 amide bonds. The third-order valence-electron chi connectivity index (χ3n) is 1.41. The molecule has 0 radical (unpaired) electrons. The first kappa shape index (κ1) is 11.2. The van der Waals surface area contributed by atoms with Gasteiger partial charge in [-0.1, -0.05) is 12.8 Å². The van der Waals surface area contributed by atoms with Crippen LogP contribution in [0.3, 0.4) is 0 Å². The van der Waals surface area contributed by atoms with Crippen molar-refractivity contribution in [2.24, 2.45) is 0 Å². The van der Waals surface area contributed by atoms with Gasteiger partial charge in [0.25, 0.3) is 0 Å². The number of aliphatic hydroxyl groups is 1. The zero-order chi connectivity index (χ0) is 9.23. The van der Waals surface area contributed by atoms with E-state index in [1.54, 1.807) is 0 Å². The Labute approximate surface area is 74.0 Å². The van der Waals surface area contributed by atoms with Gasteiger partial charge in [-0.3, -0.25) is 4.79 Å². The molecule has 0 saturated carbocycles. The Hall–Kier alpha value is -0.810. The molecule has 0 spiro atoms. The van der Waals surface area contributed by atoms with E-state index in [2.05, 4.69) is 11.8 Å². The molecule has 0 aromatic carbocycles. The second kappa shape index (κ2) is 8.29. The van der Waals surface area contributed by atoms with Crippen molar-refractivity contribution in [2.45, 2.75) is 39.0 Å². The topological polar surface area (TPSA) is 37.3 Å². The van der Waals surface area contributed by atoms with E-state index in [9.17, 15) is 4.79 Å². The lowest BCUT2D eigenvalue weighted by atomic mass is 10.2. The monoisotopic (exact) mass is 168 g/mol. The van der Waals surface area contributed by atoms with E-state index in [1.807, 2.05) is 6.92 Å². The molecular formula is C10H16O2. The molecule has 0 unspecified atom stereocenters. The van der Waals surface area contributed by atoms with Gasteiger partial charge in [-0.05, 0) is 25.2 Å². The first-order valence-corrected chi connectivity index (χ1v) is 4.43. The highest BCUT2D eigenvalue weighted by Gasteiger charge is 1.91. The van der Waals surface area contributed by atoms with E-state index in [-0.39, 0.29) is 12.4 Å². The van der Waals surface area contributed by atoms with Gasteiger partial charge in [0.2, 0.25) is 5.78 Å². The lowest BCUT2D eigenvalue weighted by Crippen LogP contribution is -1.90. The van der Waals surface area contributed by atoms with Gasteiger partial charge in [-0.25, -0.2) is 0 Å². The average Bonchev–Trinajstić information content (AvgIpc) is 2.05. The molecule has 1 N–H and O–H groups in total. The maximum Gasteiger partial charge on any atom is 0.205 e. The van der Waals surface area contributed by atoms with E-state index in [4.69, 9.17) is 5.11 Å². The van der Waals surface area contributed by atoms with Gasteiger partial charge >= 0.3 is 0 Å². The summed E-state index contributed by atoms with van der Waals surface area (Å²) in [6, 6.07) is 0. The Morgan fingerprint density at radius 2 is 2.17 bits per heavy atom. The Bertz CT molecular complexity index is 174. The number of unbranched alkanes of at least 4 members (excludes halogenated alkanes) is 2. The summed E-state index contributed by atoms with van der Waals surface area (Å²) in [5.74, 6) is 5.40. The van der Waals surface area contributed by atoms with Crippen molar-refractivity contribution in [3.63, 3.8) is 0 Å². The van der Waals surface area contributed by atoms with Crippen molar-refractivity contribution in [3.8, 4) is 11.8 Å². The first-order valence-electron chi connectivity index (χ1n) is 4.43. The molecule has 2 nitrogen and oxygen atoms in total. The number of hydrogen-bond donors (Lipinski definition) is 1. The number of rotatable bonds is 5. The molecule has 0 aromatic rings. The molecular weight excluding hydrogens is 152 g/mol. The predicted octanol–water partition coefficient (Wildman–Crippen LogP) is 1.52. The van der Waals surface area contributed by atoms with Crippen molar-refractivity contribution in [3.05, 3.63) is 0 Å². The molecule has 0 aromatic heterocycles.